The van der Waals surface area contributed by atoms with E-state index < -0.39 is 0 Å². The number of nitrogens with one attached hydrogen (secondary N) is 1. The summed E-state index contributed by atoms with van der Waals surface area (Å²) in [5.41, 5.74) is 4.02. The minimum absolute atomic E-state index is 0.00366. The summed E-state index contributed by atoms with van der Waals surface area (Å²) >= 11 is 1.68. The first-order valence-electron chi connectivity index (χ1n) is 13.6. The predicted octanol–water partition coefficient (Wildman–Crippen LogP) is 6.03. The van der Waals surface area contributed by atoms with E-state index in [0.29, 0.717) is 41.4 Å². The number of carbonyl (C=O) groups is 1. The van der Waals surface area contributed by atoms with Crippen LogP contribution in [0.15, 0.2) is 34.0 Å². The summed E-state index contributed by atoms with van der Waals surface area (Å²) in [4.78, 5) is 26.5. The van der Waals surface area contributed by atoms with E-state index in [1.54, 1.807) is 39.2 Å². The third-order valence-electron chi connectivity index (χ3n) is 9.33. The van der Waals surface area contributed by atoms with Crippen LogP contribution in [-0.2, 0) is 11.2 Å². The van der Waals surface area contributed by atoms with Gasteiger partial charge in [0.1, 0.15) is 0 Å². The van der Waals surface area contributed by atoms with Gasteiger partial charge in [-0.1, -0.05) is 19.9 Å². The smallest absolute Gasteiger partial charge is 0.217 e. The van der Waals surface area contributed by atoms with E-state index in [9.17, 15) is 9.59 Å². The number of methoxy groups -OCH3 is 3. The zero-order valence-electron chi connectivity index (χ0n) is 23.3. The van der Waals surface area contributed by atoms with Crippen LogP contribution < -0.4 is 25.0 Å². The Morgan fingerprint density at radius 1 is 1.05 bits per heavy atom. The molecule has 2 bridgehead atoms. The van der Waals surface area contributed by atoms with Crippen molar-refractivity contribution in [1.29, 1.82) is 0 Å². The van der Waals surface area contributed by atoms with Crippen LogP contribution in [0.1, 0.15) is 63.6 Å². The maximum atomic E-state index is 13.6. The van der Waals surface area contributed by atoms with Crippen molar-refractivity contribution >= 4 is 17.7 Å². The van der Waals surface area contributed by atoms with E-state index in [1.807, 2.05) is 18.2 Å². The van der Waals surface area contributed by atoms with Crippen molar-refractivity contribution in [1.82, 2.24) is 5.32 Å². The van der Waals surface area contributed by atoms with E-state index in [4.69, 9.17) is 14.2 Å². The van der Waals surface area contributed by atoms with Crippen LogP contribution in [0.25, 0.3) is 11.1 Å². The summed E-state index contributed by atoms with van der Waals surface area (Å²) in [6.07, 6.45) is 5.23. The molecule has 0 unspecified atom stereocenters. The summed E-state index contributed by atoms with van der Waals surface area (Å²) in [5.74, 6) is 4.78. The monoisotopic (exact) mass is 537 g/mol. The number of aryl methyl sites for hydroxylation is 1. The number of ether oxygens (including phenoxy) is 3. The summed E-state index contributed by atoms with van der Waals surface area (Å²) < 4.78 is 17.2. The topological polar surface area (TPSA) is 73.9 Å². The number of hydrogen-bond acceptors (Lipinski definition) is 6. The molecule has 0 aromatic heterocycles. The number of hydrogen-bond donors (Lipinski definition) is 1. The standard InChI is InChI=1S/C31H39NO5S/c1-17(33)32-24-11-8-18-13-26(35-4)29(36-5)30(37-6)28(18)21-10-12-27(25(34)15-22(21)24)38-16-19-7-9-20-14-23(19)31(20,2)3/h10,12-13,15,19-20,23-24H,7-9,11,14,16H2,1-6H3,(H,32,33)/t19-,20+,23-,24-/m0/s1. The third kappa shape index (κ3) is 4.57. The fourth-order valence-corrected chi connectivity index (χ4v) is 8.33. The van der Waals surface area contributed by atoms with Crippen molar-refractivity contribution in [3.8, 4) is 28.4 Å². The van der Waals surface area contributed by atoms with Gasteiger partial charge >= 0.3 is 0 Å². The highest BCUT2D eigenvalue weighted by Crippen LogP contribution is 2.62. The Bertz CT molecular complexity index is 1300. The van der Waals surface area contributed by atoms with Gasteiger partial charge < -0.3 is 19.5 Å². The van der Waals surface area contributed by atoms with Gasteiger partial charge in [0.25, 0.3) is 0 Å². The fourth-order valence-electron chi connectivity index (χ4n) is 7.17. The fraction of sp³-hybridized carbons (Fsp3) is 0.548. The zero-order valence-corrected chi connectivity index (χ0v) is 24.1. The second-order valence-electron chi connectivity index (χ2n) is 11.6. The van der Waals surface area contributed by atoms with Gasteiger partial charge in [-0.25, -0.2) is 0 Å². The van der Waals surface area contributed by atoms with Crippen molar-refractivity contribution in [2.45, 2.75) is 63.8 Å². The Morgan fingerprint density at radius 2 is 1.82 bits per heavy atom. The summed E-state index contributed by atoms with van der Waals surface area (Å²) in [7, 11) is 4.82. The molecule has 3 saturated carbocycles. The normalized spacial score (nSPS) is 24.7. The van der Waals surface area contributed by atoms with Crippen LogP contribution in [0.4, 0.5) is 0 Å². The number of carbonyl (C=O) groups excluding carboxylic acids is 1. The highest BCUT2D eigenvalue weighted by Gasteiger charge is 2.53. The summed E-state index contributed by atoms with van der Waals surface area (Å²) in [5, 5.41) is 3.08. The average Bonchev–Trinajstić information content (AvgIpc) is 3.14. The molecule has 0 radical (unpaired) electrons. The van der Waals surface area contributed by atoms with Crippen LogP contribution in [0.2, 0.25) is 0 Å². The van der Waals surface area contributed by atoms with Gasteiger partial charge in [0.2, 0.25) is 11.7 Å². The van der Waals surface area contributed by atoms with Gasteiger partial charge in [-0.05, 0) is 90.2 Å². The van der Waals surface area contributed by atoms with Crippen LogP contribution in [0, 0.1) is 23.2 Å². The molecule has 1 N–H and O–H groups in total. The lowest BCUT2D eigenvalue weighted by molar-refractivity contribution is -0.119. The molecule has 4 atom stereocenters. The van der Waals surface area contributed by atoms with E-state index in [2.05, 4.69) is 19.2 Å². The lowest BCUT2D eigenvalue weighted by atomic mass is 9.46. The predicted molar refractivity (Wildman–Crippen MR) is 152 cm³/mol. The molecule has 2 aromatic rings. The Hall–Kier alpha value is -2.67. The van der Waals surface area contributed by atoms with Crippen molar-refractivity contribution in [2.75, 3.05) is 27.1 Å². The summed E-state index contributed by atoms with van der Waals surface area (Å²) in [6.45, 7) is 6.35. The number of fused-ring (bicyclic) bond motifs is 5. The Balaban J connectivity index is 1.59. The van der Waals surface area contributed by atoms with E-state index in [-0.39, 0.29) is 17.4 Å². The van der Waals surface area contributed by atoms with Crippen LogP contribution in [0.3, 0.4) is 0 Å². The molecule has 38 heavy (non-hydrogen) atoms. The first-order valence-corrected chi connectivity index (χ1v) is 14.6. The minimum atomic E-state index is -0.291. The van der Waals surface area contributed by atoms with Crippen LogP contribution >= 0.6 is 11.8 Å². The quantitative estimate of drug-likeness (QED) is 0.435. The Morgan fingerprint density at radius 3 is 2.45 bits per heavy atom. The van der Waals surface area contributed by atoms with Gasteiger partial charge in [-0.2, -0.15) is 0 Å². The van der Waals surface area contributed by atoms with E-state index >= 15 is 0 Å². The molecule has 6 nitrogen and oxygen atoms in total. The van der Waals surface area contributed by atoms with Crippen LogP contribution in [-0.4, -0.2) is 33.0 Å². The molecule has 0 aliphatic heterocycles. The molecule has 6 rings (SSSR count). The Labute approximate surface area is 229 Å². The van der Waals surface area contributed by atoms with Gasteiger partial charge in [0, 0.05) is 18.2 Å². The zero-order chi connectivity index (χ0) is 27.2. The van der Waals surface area contributed by atoms with E-state index in [0.717, 1.165) is 44.7 Å². The molecule has 1 amide bonds. The SMILES string of the molecule is COc1cc2c(c(OC)c1OC)-c1ccc(SC[C@@H]3CC[C@@H]4C[C@@H]3C4(C)C)c(=O)cc1[C@@H](NC(C)=O)CC2. The van der Waals surface area contributed by atoms with Crippen molar-refractivity contribution in [3.05, 3.63) is 45.6 Å². The highest BCUT2D eigenvalue weighted by molar-refractivity contribution is 7.99. The molecular formula is C31H39NO5S. The second-order valence-corrected chi connectivity index (χ2v) is 12.6. The second kappa shape index (κ2) is 10.5. The van der Waals surface area contributed by atoms with Gasteiger partial charge in [-0.15, -0.1) is 11.8 Å². The van der Waals surface area contributed by atoms with Crippen molar-refractivity contribution < 1.29 is 19.0 Å². The maximum Gasteiger partial charge on any atom is 0.217 e. The lowest BCUT2D eigenvalue weighted by Gasteiger charge is -2.60. The lowest BCUT2D eigenvalue weighted by Crippen LogP contribution is -2.52. The molecular weight excluding hydrogens is 498 g/mol. The molecule has 2 aromatic carbocycles. The minimum Gasteiger partial charge on any atom is -0.493 e. The Kier molecular flexibility index (Phi) is 7.42. The molecule has 4 aliphatic rings. The first-order chi connectivity index (χ1) is 18.2. The molecule has 0 heterocycles. The number of rotatable bonds is 7. The van der Waals surface area contributed by atoms with E-state index in [1.165, 1.54) is 26.2 Å². The van der Waals surface area contributed by atoms with Crippen molar-refractivity contribution in [2.24, 2.45) is 23.2 Å². The molecule has 7 heteroatoms. The molecule has 0 saturated heterocycles. The summed E-state index contributed by atoms with van der Waals surface area (Å²) in [6, 6.07) is 7.40. The number of amides is 1. The van der Waals surface area contributed by atoms with Gasteiger partial charge in [-0.3, -0.25) is 9.59 Å². The first kappa shape index (κ1) is 26.9. The number of benzene rings is 1. The average molecular weight is 538 g/mol. The van der Waals surface area contributed by atoms with Crippen molar-refractivity contribution in [3.63, 3.8) is 0 Å². The third-order valence-corrected chi connectivity index (χ3v) is 10.6. The number of thioether (sulfide) groups is 1. The largest absolute Gasteiger partial charge is 0.493 e. The molecule has 4 aliphatic carbocycles. The van der Waals surface area contributed by atoms with Crippen LogP contribution in [0.5, 0.6) is 17.2 Å². The molecule has 204 valence electrons. The van der Waals surface area contributed by atoms with Gasteiger partial charge in [0.05, 0.1) is 32.3 Å². The maximum absolute atomic E-state index is 13.6. The molecule has 0 spiro atoms. The van der Waals surface area contributed by atoms with Gasteiger partial charge in [0.15, 0.2) is 16.9 Å². The highest BCUT2D eigenvalue weighted by atomic mass is 32.2. The molecule has 3 fully saturated rings.